The lowest BCUT2D eigenvalue weighted by atomic mass is 9.49. The number of nitrogens with one attached hydrogen (secondary N) is 2. The third-order valence-electron chi connectivity index (χ3n) is 6.71. The number of hydrogen-bond acceptors (Lipinski definition) is 2. The standard InChI is InChI=1S/C21H30N2O2/c1-5-18(24)23-15-9-7-14-8-10-17-20(2,16(14)13-15)11-6-12-21(17,3)19(25)22-4/h7,9,13,17H,5-6,8,10-12H2,1-4H3,(H,22,25)(H,23,24)/t17?,20?,21-/m0/s1. The molecule has 25 heavy (non-hydrogen) atoms. The predicted molar refractivity (Wildman–Crippen MR) is 101 cm³/mol. The largest absolute Gasteiger partial charge is 0.359 e. The van der Waals surface area contributed by atoms with Crippen molar-refractivity contribution in [2.24, 2.45) is 11.3 Å². The summed E-state index contributed by atoms with van der Waals surface area (Å²) in [4.78, 5) is 24.5. The normalized spacial score (nSPS) is 30.8. The van der Waals surface area contributed by atoms with Crippen LogP contribution in [-0.2, 0) is 21.4 Å². The van der Waals surface area contributed by atoms with Crippen molar-refractivity contribution < 1.29 is 9.59 Å². The first-order valence-electron chi connectivity index (χ1n) is 9.50. The zero-order chi connectivity index (χ0) is 18.2. The van der Waals surface area contributed by atoms with Crippen molar-refractivity contribution in [1.29, 1.82) is 0 Å². The van der Waals surface area contributed by atoms with Gasteiger partial charge in [-0.05, 0) is 60.3 Å². The van der Waals surface area contributed by atoms with Gasteiger partial charge in [-0.3, -0.25) is 9.59 Å². The van der Waals surface area contributed by atoms with E-state index in [0.29, 0.717) is 12.3 Å². The molecule has 4 nitrogen and oxygen atoms in total. The van der Waals surface area contributed by atoms with Gasteiger partial charge in [0.15, 0.2) is 0 Å². The van der Waals surface area contributed by atoms with E-state index < -0.39 is 0 Å². The molecule has 1 fully saturated rings. The highest BCUT2D eigenvalue weighted by molar-refractivity contribution is 5.90. The Kier molecular flexibility index (Phi) is 4.65. The van der Waals surface area contributed by atoms with Gasteiger partial charge < -0.3 is 10.6 Å². The van der Waals surface area contributed by atoms with Crippen molar-refractivity contribution in [2.45, 2.75) is 64.7 Å². The molecule has 0 bridgehead atoms. The first-order chi connectivity index (χ1) is 11.8. The lowest BCUT2D eigenvalue weighted by Crippen LogP contribution is -2.54. The monoisotopic (exact) mass is 342 g/mol. The summed E-state index contributed by atoms with van der Waals surface area (Å²) in [7, 11) is 1.74. The van der Waals surface area contributed by atoms with E-state index in [2.05, 4.69) is 36.6 Å². The van der Waals surface area contributed by atoms with Gasteiger partial charge in [0.25, 0.3) is 0 Å². The van der Waals surface area contributed by atoms with Gasteiger partial charge in [-0.2, -0.15) is 0 Å². The number of benzene rings is 1. The molecule has 0 heterocycles. The molecule has 2 aliphatic rings. The summed E-state index contributed by atoms with van der Waals surface area (Å²) in [5.74, 6) is 0.539. The van der Waals surface area contributed by atoms with Gasteiger partial charge in [0.05, 0.1) is 5.41 Å². The Morgan fingerprint density at radius 3 is 2.68 bits per heavy atom. The second kappa shape index (κ2) is 6.47. The van der Waals surface area contributed by atoms with Gasteiger partial charge in [0.2, 0.25) is 11.8 Å². The Bertz CT molecular complexity index is 699. The van der Waals surface area contributed by atoms with E-state index in [9.17, 15) is 9.59 Å². The Morgan fingerprint density at radius 2 is 2.00 bits per heavy atom. The summed E-state index contributed by atoms with van der Waals surface area (Å²) in [5, 5.41) is 5.89. The van der Waals surface area contributed by atoms with Crippen LogP contribution in [0.1, 0.15) is 64.0 Å². The molecule has 2 unspecified atom stereocenters. The molecule has 3 atom stereocenters. The SMILES string of the molecule is CCC(=O)Nc1ccc2c(c1)C1(C)CCC[C@](C)(C(=O)NC)C1CC2. The van der Waals surface area contributed by atoms with Crippen molar-refractivity contribution in [3.05, 3.63) is 29.3 Å². The number of rotatable bonds is 3. The second-order valence-electron chi connectivity index (χ2n) is 8.13. The molecule has 0 aromatic heterocycles. The van der Waals surface area contributed by atoms with Crippen molar-refractivity contribution in [1.82, 2.24) is 5.32 Å². The number of carbonyl (C=O) groups is 2. The van der Waals surface area contributed by atoms with Crippen molar-refractivity contribution in [2.75, 3.05) is 12.4 Å². The fraction of sp³-hybridized carbons (Fsp3) is 0.619. The number of anilines is 1. The summed E-state index contributed by atoms with van der Waals surface area (Å²) < 4.78 is 0. The predicted octanol–water partition coefficient (Wildman–Crippen LogP) is 3.79. The molecular weight excluding hydrogens is 312 g/mol. The fourth-order valence-electron chi connectivity index (χ4n) is 5.34. The molecule has 2 amide bonds. The van der Waals surface area contributed by atoms with E-state index in [0.717, 1.165) is 37.8 Å². The zero-order valence-electron chi connectivity index (χ0n) is 15.9. The molecule has 136 valence electrons. The van der Waals surface area contributed by atoms with Crippen molar-refractivity contribution >= 4 is 17.5 Å². The van der Waals surface area contributed by atoms with E-state index >= 15 is 0 Å². The molecule has 3 rings (SSSR count). The van der Waals surface area contributed by atoms with Crippen LogP contribution in [0.5, 0.6) is 0 Å². The molecule has 1 aromatic rings. The van der Waals surface area contributed by atoms with E-state index in [1.165, 1.54) is 11.1 Å². The van der Waals surface area contributed by atoms with Crippen LogP contribution in [0.2, 0.25) is 0 Å². The van der Waals surface area contributed by atoms with Crippen LogP contribution >= 0.6 is 0 Å². The molecule has 0 radical (unpaired) electrons. The van der Waals surface area contributed by atoms with Crippen LogP contribution in [0.3, 0.4) is 0 Å². The summed E-state index contributed by atoms with van der Waals surface area (Å²) in [6, 6.07) is 6.33. The Morgan fingerprint density at radius 1 is 1.24 bits per heavy atom. The zero-order valence-corrected chi connectivity index (χ0v) is 15.9. The summed E-state index contributed by atoms with van der Waals surface area (Å²) in [5.41, 5.74) is 3.24. The highest BCUT2D eigenvalue weighted by Crippen LogP contribution is 2.57. The summed E-state index contributed by atoms with van der Waals surface area (Å²) in [6.45, 7) is 6.32. The third kappa shape index (κ3) is 2.86. The molecule has 0 spiro atoms. The second-order valence-corrected chi connectivity index (χ2v) is 8.13. The van der Waals surface area contributed by atoms with E-state index in [4.69, 9.17) is 0 Å². The van der Waals surface area contributed by atoms with Gasteiger partial charge in [-0.15, -0.1) is 0 Å². The van der Waals surface area contributed by atoms with Crippen LogP contribution in [0.25, 0.3) is 0 Å². The topological polar surface area (TPSA) is 58.2 Å². The van der Waals surface area contributed by atoms with Crippen molar-refractivity contribution in [3.8, 4) is 0 Å². The minimum absolute atomic E-state index is 0.0138. The molecule has 2 aliphatic carbocycles. The first kappa shape index (κ1) is 18.0. The van der Waals surface area contributed by atoms with Crippen LogP contribution in [0.15, 0.2) is 18.2 Å². The minimum atomic E-state index is -0.317. The van der Waals surface area contributed by atoms with Crippen LogP contribution < -0.4 is 10.6 Å². The first-order valence-corrected chi connectivity index (χ1v) is 9.50. The van der Waals surface area contributed by atoms with Gasteiger partial charge >= 0.3 is 0 Å². The molecule has 0 saturated heterocycles. The Labute approximate surface area is 150 Å². The van der Waals surface area contributed by atoms with E-state index in [1.54, 1.807) is 7.05 Å². The number of carbonyl (C=O) groups excluding carboxylic acids is 2. The Hall–Kier alpha value is -1.84. The Balaban J connectivity index is 2.02. The number of aryl methyl sites for hydroxylation is 1. The molecule has 0 aliphatic heterocycles. The average molecular weight is 342 g/mol. The molecule has 4 heteroatoms. The number of amides is 2. The lowest BCUT2D eigenvalue weighted by molar-refractivity contribution is -0.138. The van der Waals surface area contributed by atoms with Gasteiger partial charge in [0, 0.05) is 19.2 Å². The molecule has 2 N–H and O–H groups in total. The van der Waals surface area contributed by atoms with E-state index in [-0.39, 0.29) is 22.6 Å². The maximum Gasteiger partial charge on any atom is 0.225 e. The maximum absolute atomic E-state index is 12.7. The van der Waals surface area contributed by atoms with Crippen LogP contribution in [0, 0.1) is 11.3 Å². The van der Waals surface area contributed by atoms with Crippen LogP contribution in [-0.4, -0.2) is 18.9 Å². The fourth-order valence-corrected chi connectivity index (χ4v) is 5.34. The van der Waals surface area contributed by atoms with Gasteiger partial charge in [-0.1, -0.05) is 33.3 Å². The smallest absolute Gasteiger partial charge is 0.225 e. The van der Waals surface area contributed by atoms with E-state index in [1.807, 2.05) is 13.0 Å². The number of fused-ring (bicyclic) bond motifs is 3. The highest BCUT2D eigenvalue weighted by Gasteiger charge is 2.54. The molecule has 1 saturated carbocycles. The summed E-state index contributed by atoms with van der Waals surface area (Å²) in [6.07, 6.45) is 5.64. The van der Waals surface area contributed by atoms with Crippen molar-refractivity contribution in [3.63, 3.8) is 0 Å². The minimum Gasteiger partial charge on any atom is -0.359 e. The number of hydrogen-bond donors (Lipinski definition) is 2. The van der Waals surface area contributed by atoms with Gasteiger partial charge in [-0.25, -0.2) is 0 Å². The third-order valence-corrected chi connectivity index (χ3v) is 6.71. The quantitative estimate of drug-likeness (QED) is 0.878. The molecular formula is C21H30N2O2. The van der Waals surface area contributed by atoms with Crippen LogP contribution in [0.4, 0.5) is 5.69 Å². The lowest BCUT2D eigenvalue weighted by Gasteiger charge is -2.54. The highest BCUT2D eigenvalue weighted by atomic mass is 16.2. The molecule has 1 aromatic carbocycles. The maximum atomic E-state index is 12.7. The van der Waals surface area contributed by atoms with Gasteiger partial charge in [0.1, 0.15) is 0 Å². The summed E-state index contributed by atoms with van der Waals surface area (Å²) >= 11 is 0. The average Bonchev–Trinajstić information content (AvgIpc) is 2.61.